The van der Waals surface area contributed by atoms with Crippen LogP contribution in [0.5, 0.6) is 0 Å². The van der Waals surface area contributed by atoms with Crippen LogP contribution in [0.25, 0.3) is 0 Å². The molecular formula is C11H9BrN2O4S2. The quantitative estimate of drug-likeness (QED) is 0.641. The molecule has 2 rings (SSSR count). The first-order chi connectivity index (χ1) is 9.40. The van der Waals surface area contributed by atoms with Gasteiger partial charge in [0.25, 0.3) is 5.69 Å². The number of nitro groups is 1. The number of nitrogens with one attached hydrogen (secondary N) is 1. The number of hydrogen-bond acceptors (Lipinski definition) is 5. The van der Waals surface area contributed by atoms with Crippen molar-refractivity contribution in [3.05, 3.63) is 55.9 Å². The zero-order valence-electron chi connectivity index (χ0n) is 9.95. The van der Waals surface area contributed by atoms with Gasteiger partial charge in [-0.15, -0.1) is 11.3 Å². The fraction of sp³-hybridized carbons (Fsp3) is 0.0909. The fourth-order valence-corrected chi connectivity index (χ4v) is 4.59. The van der Waals surface area contributed by atoms with Crippen LogP contribution in [0.3, 0.4) is 0 Å². The average molecular weight is 377 g/mol. The monoisotopic (exact) mass is 376 g/mol. The Labute approximate surface area is 127 Å². The molecule has 1 aromatic heterocycles. The first-order valence-electron chi connectivity index (χ1n) is 5.37. The maximum Gasteiger partial charge on any atom is 0.273 e. The van der Waals surface area contributed by atoms with Crippen molar-refractivity contribution in [1.82, 2.24) is 4.72 Å². The van der Waals surface area contributed by atoms with Gasteiger partial charge in [-0.2, -0.15) is 0 Å². The summed E-state index contributed by atoms with van der Waals surface area (Å²) < 4.78 is 27.2. The Morgan fingerprint density at radius 2 is 1.95 bits per heavy atom. The van der Waals surface area contributed by atoms with Crippen LogP contribution in [-0.4, -0.2) is 13.3 Å². The van der Waals surface area contributed by atoms with Crippen LogP contribution < -0.4 is 4.72 Å². The molecule has 1 aromatic carbocycles. The lowest BCUT2D eigenvalue weighted by Crippen LogP contribution is -2.22. The molecule has 106 valence electrons. The van der Waals surface area contributed by atoms with E-state index in [-0.39, 0.29) is 16.4 Å². The molecule has 2 aromatic rings. The number of benzene rings is 1. The molecule has 0 fully saturated rings. The Hall–Kier alpha value is -1.29. The van der Waals surface area contributed by atoms with E-state index in [1.807, 2.05) is 0 Å². The van der Waals surface area contributed by atoms with E-state index in [0.717, 1.165) is 11.3 Å². The third-order valence-electron chi connectivity index (χ3n) is 2.45. The first-order valence-corrected chi connectivity index (χ1v) is 8.47. The lowest BCUT2D eigenvalue weighted by molar-refractivity contribution is -0.385. The van der Waals surface area contributed by atoms with Crippen molar-refractivity contribution in [2.75, 3.05) is 0 Å². The SMILES string of the molecule is O=[N+]([O-])c1ccccc1CNS(=O)(=O)c1ccc(Br)s1. The van der Waals surface area contributed by atoms with Gasteiger partial charge in [-0.05, 0) is 28.1 Å². The highest BCUT2D eigenvalue weighted by atomic mass is 79.9. The van der Waals surface area contributed by atoms with E-state index in [1.165, 1.54) is 24.3 Å². The maximum atomic E-state index is 12.0. The van der Waals surface area contributed by atoms with Crippen LogP contribution in [0, 0.1) is 10.1 Å². The van der Waals surface area contributed by atoms with Gasteiger partial charge in [-0.25, -0.2) is 13.1 Å². The predicted molar refractivity (Wildman–Crippen MR) is 79.1 cm³/mol. The summed E-state index contributed by atoms with van der Waals surface area (Å²) in [6, 6.07) is 9.11. The molecule has 0 saturated carbocycles. The van der Waals surface area contributed by atoms with Crippen molar-refractivity contribution >= 4 is 43.0 Å². The number of hydrogen-bond donors (Lipinski definition) is 1. The van der Waals surface area contributed by atoms with Gasteiger partial charge in [0.15, 0.2) is 0 Å². The molecule has 0 aliphatic heterocycles. The third-order valence-corrected chi connectivity index (χ3v) is 5.97. The molecular weight excluding hydrogens is 368 g/mol. The summed E-state index contributed by atoms with van der Waals surface area (Å²) in [5, 5.41) is 10.8. The highest BCUT2D eigenvalue weighted by molar-refractivity contribution is 9.11. The van der Waals surface area contributed by atoms with Crippen LogP contribution >= 0.6 is 27.3 Å². The summed E-state index contributed by atoms with van der Waals surface area (Å²) in [6.07, 6.45) is 0. The third kappa shape index (κ3) is 3.42. The highest BCUT2D eigenvalue weighted by Crippen LogP contribution is 2.26. The number of nitro benzene ring substituents is 1. The second-order valence-corrected chi connectivity index (χ2v) is 8.23. The van der Waals surface area contributed by atoms with Gasteiger partial charge < -0.3 is 0 Å². The lowest BCUT2D eigenvalue weighted by atomic mass is 10.2. The van der Waals surface area contributed by atoms with Gasteiger partial charge >= 0.3 is 0 Å². The predicted octanol–water partition coefficient (Wildman–Crippen LogP) is 2.90. The number of rotatable bonds is 5. The van der Waals surface area contributed by atoms with Crippen molar-refractivity contribution in [3.63, 3.8) is 0 Å². The van der Waals surface area contributed by atoms with Gasteiger partial charge in [0.05, 0.1) is 8.71 Å². The fourth-order valence-electron chi connectivity index (χ4n) is 1.52. The number of para-hydroxylation sites is 1. The summed E-state index contributed by atoms with van der Waals surface area (Å²) in [4.78, 5) is 10.3. The molecule has 0 saturated heterocycles. The first kappa shape index (κ1) is 15.1. The van der Waals surface area contributed by atoms with Crippen molar-refractivity contribution in [2.45, 2.75) is 10.8 Å². The molecule has 0 atom stereocenters. The summed E-state index contributed by atoms with van der Waals surface area (Å²) in [5.74, 6) is 0. The van der Waals surface area contributed by atoms with Crippen molar-refractivity contribution in [2.24, 2.45) is 0 Å². The molecule has 6 nitrogen and oxygen atoms in total. The molecule has 0 aliphatic carbocycles. The van der Waals surface area contributed by atoms with Crippen molar-refractivity contribution in [3.8, 4) is 0 Å². The van der Waals surface area contributed by atoms with Crippen LogP contribution in [0.15, 0.2) is 44.4 Å². The average Bonchev–Trinajstić information content (AvgIpc) is 2.84. The van der Waals surface area contributed by atoms with Crippen LogP contribution in [0.2, 0.25) is 0 Å². The second-order valence-electron chi connectivity index (χ2n) is 3.77. The Kier molecular flexibility index (Phi) is 4.53. The molecule has 1 N–H and O–H groups in total. The topological polar surface area (TPSA) is 89.3 Å². The van der Waals surface area contributed by atoms with E-state index in [1.54, 1.807) is 12.1 Å². The van der Waals surface area contributed by atoms with Gasteiger partial charge in [-0.3, -0.25) is 10.1 Å². The van der Waals surface area contributed by atoms with E-state index < -0.39 is 14.9 Å². The van der Waals surface area contributed by atoms with Gasteiger partial charge in [0, 0.05) is 18.2 Å². The second kappa shape index (κ2) is 6.00. The Balaban J connectivity index is 2.19. The van der Waals surface area contributed by atoms with Crippen LogP contribution in [-0.2, 0) is 16.6 Å². The van der Waals surface area contributed by atoms with E-state index in [9.17, 15) is 18.5 Å². The largest absolute Gasteiger partial charge is 0.273 e. The molecule has 20 heavy (non-hydrogen) atoms. The van der Waals surface area contributed by atoms with Crippen LogP contribution in [0.4, 0.5) is 5.69 Å². The van der Waals surface area contributed by atoms with Crippen molar-refractivity contribution < 1.29 is 13.3 Å². The van der Waals surface area contributed by atoms with E-state index in [4.69, 9.17) is 0 Å². The zero-order valence-corrected chi connectivity index (χ0v) is 13.2. The van der Waals surface area contributed by atoms with Crippen molar-refractivity contribution in [1.29, 1.82) is 0 Å². The highest BCUT2D eigenvalue weighted by Gasteiger charge is 2.19. The number of sulfonamides is 1. The molecule has 0 bridgehead atoms. The van der Waals surface area contributed by atoms with E-state index >= 15 is 0 Å². The molecule has 0 radical (unpaired) electrons. The molecule has 1 heterocycles. The van der Waals surface area contributed by atoms with E-state index in [0.29, 0.717) is 9.35 Å². The maximum absolute atomic E-state index is 12.0. The minimum Gasteiger partial charge on any atom is -0.258 e. The molecule has 0 aliphatic rings. The zero-order chi connectivity index (χ0) is 14.8. The number of nitrogens with zero attached hydrogens (tertiary/aromatic N) is 1. The smallest absolute Gasteiger partial charge is 0.258 e. The minimum absolute atomic E-state index is 0.109. The summed E-state index contributed by atoms with van der Waals surface area (Å²) in [5.41, 5.74) is 0.208. The molecule has 0 unspecified atom stereocenters. The molecule has 9 heteroatoms. The number of halogens is 1. The van der Waals surface area contributed by atoms with E-state index in [2.05, 4.69) is 20.7 Å². The normalized spacial score (nSPS) is 11.4. The van der Waals surface area contributed by atoms with Gasteiger partial charge in [0.1, 0.15) is 4.21 Å². The lowest BCUT2D eigenvalue weighted by Gasteiger charge is -2.05. The van der Waals surface area contributed by atoms with Gasteiger partial charge in [-0.1, -0.05) is 18.2 Å². The summed E-state index contributed by atoms with van der Waals surface area (Å²) in [6.45, 7) is -0.130. The standard InChI is InChI=1S/C11H9BrN2O4S2/c12-10-5-6-11(19-10)20(17,18)13-7-8-3-1-2-4-9(8)14(15)16/h1-6,13H,7H2. The molecule has 0 amide bonds. The minimum atomic E-state index is -3.66. The Bertz CT molecular complexity index is 742. The summed E-state index contributed by atoms with van der Waals surface area (Å²) >= 11 is 4.26. The Morgan fingerprint density at radius 3 is 2.55 bits per heavy atom. The number of thiophene rings is 1. The van der Waals surface area contributed by atoms with Crippen LogP contribution in [0.1, 0.15) is 5.56 Å². The molecule has 0 spiro atoms. The van der Waals surface area contributed by atoms with Gasteiger partial charge in [0.2, 0.25) is 10.0 Å². The summed E-state index contributed by atoms with van der Waals surface area (Å²) in [7, 11) is -3.66. The Morgan fingerprint density at radius 1 is 1.25 bits per heavy atom.